The SMILES string of the molecule is CC(C)C(O)CC(=O)Nc1cc(Cl)ccc1N(C)C. The van der Waals surface area contributed by atoms with Crippen molar-refractivity contribution >= 4 is 28.9 Å². The highest BCUT2D eigenvalue weighted by molar-refractivity contribution is 6.31. The van der Waals surface area contributed by atoms with Crippen LogP contribution in [0, 0.1) is 5.92 Å². The molecule has 4 nitrogen and oxygen atoms in total. The number of aliphatic hydroxyl groups excluding tert-OH is 1. The van der Waals surface area contributed by atoms with Gasteiger partial charge in [0.15, 0.2) is 0 Å². The van der Waals surface area contributed by atoms with Crippen molar-refractivity contribution in [2.24, 2.45) is 5.92 Å². The molecular formula is C14H21ClN2O2. The second kappa shape index (κ2) is 6.78. The van der Waals surface area contributed by atoms with Crippen molar-refractivity contribution in [1.82, 2.24) is 0 Å². The average molecular weight is 285 g/mol. The monoisotopic (exact) mass is 284 g/mol. The van der Waals surface area contributed by atoms with E-state index in [0.29, 0.717) is 10.7 Å². The molecule has 0 heterocycles. The Kier molecular flexibility index (Phi) is 5.63. The summed E-state index contributed by atoms with van der Waals surface area (Å²) in [6.07, 6.45) is -0.557. The molecule has 0 fully saturated rings. The summed E-state index contributed by atoms with van der Waals surface area (Å²) < 4.78 is 0. The van der Waals surface area contributed by atoms with Gasteiger partial charge in [-0.1, -0.05) is 25.4 Å². The van der Waals surface area contributed by atoms with E-state index in [1.807, 2.05) is 38.9 Å². The zero-order chi connectivity index (χ0) is 14.6. The van der Waals surface area contributed by atoms with Gasteiger partial charge in [-0.3, -0.25) is 4.79 Å². The van der Waals surface area contributed by atoms with Crippen molar-refractivity contribution < 1.29 is 9.90 Å². The van der Waals surface area contributed by atoms with Gasteiger partial charge in [-0.2, -0.15) is 0 Å². The number of rotatable bonds is 5. The predicted octanol–water partition coefficient (Wildman–Crippen LogP) is 2.75. The second-order valence-electron chi connectivity index (χ2n) is 5.12. The number of benzene rings is 1. The molecular weight excluding hydrogens is 264 g/mol. The molecule has 0 radical (unpaired) electrons. The third-order valence-corrected chi connectivity index (χ3v) is 3.11. The largest absolute Gasteiger partial charge is 0.392 e. The van der Waals surface area contributed by atoms with Crippen molar-refractivity contribution in [3.8, 4) is 0 Å². The smallest absolute Gasteiger partial charge is 0.227 e. The average Bonchev–Trinajstić information content (AvgIpc) is 2.27. The van der Waals surface area contributed by atoms with E-state index in [0.717, 1.165) is 5.69 Å². The number of amides is 1. The lowest BCUT2D eigenvalue weighted by Crippen LogP contribution is -2.24. The second-order valence-corrected chi connectivity index (χ2v) is 5.56. The van der Waals surface area contributed by atoms with Crippen LogP contribution < -0.4 is 10.2 Å². The minimum atomic E-state index is -0.637. The summed E-state index contributed by atoms with van der Waals surface area (Å²) in [6, 6.07) is 5.32. The molecule has 0 aromatic heterocycles. The minimum absolute atomic E-state index is 0.0541. The van der Waals surface area contributed by atoms with Crippen LogP contribution >= 0.6 is 11.6 Å². The number of nitrogens with zero attached hydrogens (tertiary/aromatic N) is 1. The molecule has 0 saturated carbocycles. The minimum Gasteiger partial charge on any atom is -0.392 e. The van der Waals surface area contributed by atoms with Crippen molar-refractivity contribution in [3.63, 3.8) is 0 Å². The molecule has 1 atom stereocenters. The molecule has 0 bridgehead atoms. The number of carbonyl (C=O) groups is 1. The summed E-state index contributed by atoms with van der Waals surface area (Å²) in [4.78, 5) is 13.8. The van der Waals surface area contributed by atoms with Crippen LogP contribution in [0.5, 0.6) is 0 Å². The van der Waals surface area contributed by atoms with E-state index in [9.17, 15) is 9.90 Å². The van der Waals surface area contributed by atoms with Gasteiger partial charge in [-0.05, 0) is 24.1 Å². The number of hydrogen-bond donors (Lipinski definition) is 2. The number of anilines is 2. The fourth-order valence-corrected chi connectivity index (χ4v) is 1.80. The number of hydrogen-bond acceptors (Lipinski definition) is 3. The molecule has 0 aliphatic heterocycles. The number of nitrogens with one attached hydrogen (secondary N) is 1. The molecule has 5 heteroatoms. The van der Waals surface area contributed by atoms with Crippen LogP contribution in [0.2, 0.25) is 5.02 Å². The van der Waals surface area contributed by atoms with Gasteiger partial charge in [-0.15, -0.1) is 0 Å². The quantitative estimate of drug-likeness (QED) is 0.874. The molecule has 0 saturated heterocycles. The Hall–Kier alpha value is -1.26. The van der Waals surface area contributed by atoms with Gasteiger partial charge in [0.1, 0.15) is 0 Å². The van der Waals surface area contributed by atoms with E-state index in [4.69, 9.17) is 11.6 Å². The molecule has 0 aliphatic carbocycles. The van der Waals surface area contributed by atoms with E-state index in [1.165, 1.54) is 0 Å². The van der Waals surface area contributed by atoms with Crippen molar-refractivity contribution in [2.75, 3.05) is 24.3 Å². The van der Waals surface area contributed by atoms with Crippen LogP contribution in [0.3, 0.4) is 0 Å². The summed E-state index contributed by atoms with van der Waals surface area (Å²) in [6.45, 7) is 3.76. The maximum absolute atomic E-state index is 11.9. The Morgan fingerprint density at radius 2 is 2.05 bits per heavy atom. The molecule has 1 unspecified atom stereocenters. The van der Waals surface area contributed by atoms with E-state index < -0.39 is 6.10 Å². The summed E-state index contributed by atoms with van der Waals surface area (Å²) in [5.74, 6) is -0.162. The Bertz CT molecular complexity index is 447. The highest BCUT2D eigenvalue weighted by Crippen LogP contribution is 2.28. The molecule has 1 amide bonds. The first kappa shape index (κ1) is 15.8. The first-order valence-electron chi connectivity index (χ1n) is 6.26. The van der Waals surface area contributed by atoms with Gasteiger partial charge >= 0.3 is 0 Å². The summed E-state index contributed by atoms with van der Waals surface area (Å²) in [7, 11) is 3.78. The summed E-state index contributed by atoms with van der Waals surface area (Å²) >= 11 is 5.94. The van der Waals surface area contributed by atoms with Gasteiger partial charge < -0.3 is 15.3 Å². The van der Waals surface area contributed by atoms with Crippen LogP contribution in [-0.2, 0) is 4.79 Å². The van der Waals surface area contributed by atoms with E-state index in [-0.39, 0.29) is 18.2 Å². The van der Waals surface area contributed by atoms with E-state index in [2.05, 4.69) is 5.32 Å². The molecule has 106 valence electrons. The molecule has 19 heavy (non-hydrogen) atoms. The zero-order valence-corrected chi connectivity index (χ0v) is 12.5. The normalized spacial score (nSPS) is 12.4. The number of aliphatic hydroxyl groups is 1. The van der Waals surface area contributed by atoms with Crippen LogP contribution in [0.1, 0.15) is 20.3 Å². The molecule has 0 spiro atoms. The van der Waals surface area contributed by atoms with Gasteiger partial charge in [0.25, 0.3) is 0 Å². The maximum atomic E-state index is 11.9. The third kappa shape index (κ3) is 4.73. The maximum Gasteiger partial charge on any atom is 0.227 e. The van der Waals surface area contributed by atoms with Gasteiger partial charge in [0.05, 0.1) is 23.9 Å². The molecule has 1 aromatic rings. The topological polar surface area (TPSA) is 52.6 Å². The Labute approximate surface area is 119 Å². The highest BCUT2D eigenvalue weighted by Gasteiger charge is 2.16. The van der Waals surface area contributed by atoms with Crippen molar-refractivity contribution in [2.45, 2.75) is 26.4 Å². The fourth-order valence-electron chi connectivity index (χ4n) is 1.63. The van der Waals surface area contributed by atoms with Gasteiger partial charge in [-0.25, -0.2) is 0 Å². The lowest BCUT2D eigenvalue weighted by Gasteiger charge is -2.19. The first-order chi connectivity index (χ1) is 8.81. The Balaban J connectivity index is 2.81. The van der Waals surface area contributed by atoms with E-state index >= 15 is 0 Å². The lowest BCUT2D eigenvalue weighted by molar-refractivity contribution is -0.118. The predicted molar refractivity (Wildman–Crippen MR) is 79.9 cm³/mol. The number of carbonyl (C=O) groups excluding carboxylic acids is 1. The summed E-state index contributed by atoms with van der Waals surface area (Å²) in [5, 5.41) is 13.1. The third-order valence-electron chi connectivity index (χ3n) is 2.88. The molecule has 2 N–H and O–H groups in total. The molecule has 0 aliphatic rings. The first-order valence-corrected chi connectivity index (χ1v) is 6.64. The zero-order valence-electron chi connectivity index (χ0n) is 11.8. The van der Waals surface area contributed by atoms with Crippen molar-refractivity contribution in [3.05, 3.63) is 23.2 Å². The Morgan fingerprint density at radius 3 is 2.58 bits per heavy atom. The van der Waals surface area contributed by atoms with Gasteiger partial charge in [0.2, 0.25) is 5.91 Å². The number of halogens is 1. The summed E-state index contributed by atoms with van der Waals surface area (Å²) in [5.41, 5.74) is 1.52. The highest BCUT2D eigenvalue weighted by atomic mass is 35.5. The Morgan fingerprint density at radius 1 is 1.42 bits per heavy atom. The van der Waals surface area contributed by atoms with Gasteiger partial charge in [0, 0.05) is 19.1 Å². The molecule has 1 rings (SSSR count). The lowest BCUT2D eigenvalue weighted by atomic mass is 10.0. The van der Waals surface area contributed by atoms with Crippen LogP contribution in [0.4, 0.5) is 11.4 Å². The van der Waals surface area contributed by atoms with Crippen LogP contribution in [0.15, 0.2) is 18.2 Å². The van der Waals surface area contributed by atoms with E-state index in [1.54, 1.807) is 12.1 Å². The van der Waals surface area contributed by atoms with Crippen LogP contribution in [0.25, 0.3) is 0 Å². The molecule has 1 aromatic carbocycles. The van der Waals surface area contributed by atoms with Crippen LogP contribution in [-0.4, -0.2) is 31.2 Å². The fraction of sp³-hybridized carbons (Fsp3) is 0.500. The standard InChI is InChI=1S/C14H21ClN2O2/c1-9(2)13(18)8-14(19)16-11-7-10(15)5-6-12(11)17(3)4/h5-7,9,13,18H,8H2,1-4H3,(H,16,19). The van der Waals surface area contributed by atoms with Crippen molar-refractivity contribution in [1.29, 1.82) is 0 Å².